The van der Waals surface area contributed by atoms with Crippen LogP contribution in [0.2, 0.25) is 10.0 Å². The van der Waals surface area contributed by atoms with E-state index in [4.69, 9.17) is 32.7 Å². The van der Waals surface area contributed by atoms with Crippen molar-refractivity contribution in [1.29, 1.82) is 0 Å². The van der Waals surface area contributed by atoms with Gasteiger partial charge in [-0.05, 0) is 79.6 Å². The van der Waals surface area contributed by atoms with E-state index >= 15 is 0 Å². The molecule has 0 aliphatic heterocycles. The van der Waals surface area contributed by atoms with Gasteiger partial charge in [0, 0.05) is 28.9 Å². The molecule has 4 rings (SSSR count). The molecule has 4 aromatic rings. The number of nitrogens with zero attached hydrogens (tertiary/aromatic N) is 3. The molecule has 1 N–H and O–H groups in total. The van der Waals surface area contributed by atoms with Crippen molar-refractivity contribution >= 4 is 52.4 Å². The average Bonchev–Trinajstić information content (AvgIpc) is 3.07. The average molecular weight is 689 g/mol. The second kappa shape index (κ2) is 19.6. The van der Waals surface area contributed by atoms with E-state index in [1.165, 1.54) is 57.4 Å². The van der Waals surface area contributed by atoms with Gasteiger partial charge in [-0.3, -0.25) is 4.99 Å². The van der Waals surface area contributed by atoms with Crippen molar-refractivity contribution in [2.75, 3.05) is 6.61 Å². The molecule has 0 saturated heterocycles. The van der Waals surface area contributed by atoms with Crippen molar-refractivity contribution in [3.8, 4) is 17.2 Å². The summed E-state index contributed by atoms with van der Waals surface area (Å²) in [5.74, 6) is 0.409. The van der Waals surface area contributed by atoms with Crippen LogP contribution in [-0.4, -0.2) is 23.9 Å². The number of benzene rings is 4. The first-order valence-electron chi connectivity index (χ1n) is 16.6. The molecule has 0 heterocycles. The van der Waals surface area contributed by atoms with E-state index in [2.05, 4.69) is 22.1 Å². The van der Waals surface area contributed by atoms with Crippen molar-refractivity contribution in [3.05, 3.63) is 106 Å². The number of azo groups is 1. The molecular formula is C39H43Cl2N3O4. The van der Waals surface area contributed by atoms with Crippen LogP contribution in [0.1, 0.15) is 92.6 Å². The summed E-state index contributed by atoms with van der Waals surface area (Å²) in [5.41, 5.74) is 3.15. The van der Waals surface area contributed by atoms with E-state index in [1.54, 1.807) is 79.9 Å². The van der Waals surface area contributed by atoms with E-state index < -0.39 is 5.97 Å². The smallest absolute Gasteiger partial charge is 0.343 e. The van der Waals surface area contributed by atoms with Crippen molar-refractivity contribution in [1.82, 2.24) is 0 Å². The highest BCUT2D eigenvalue weighted by atomic mass is 35.5. The van der Waals surface area contributed by atoms with Gasteiger partial charge >= 0.3 is 5.97 Å². The Morgan fingerprint density at radius 3 is 2.15 bits per heavy atom. The molecule has 0 aliphatic carbocycles. The predicted molar refractivity (Wildman–Crippen MR) is 196 cm³/mol. The Labute approximate surface area is 293 Å². The summed E-state index contributed by atoms with van der Waals surface area (Å²) in [7, 11) is 0. The standard InChI is InChI=1S/C39H43Cl2N3O4/c1-3-4-5-6-7-8-9-10-11-12-24-47-32-21-16-29(38(45)26-32)27-42-36-15-13-14-34(28(36)2)39(46)48-33-22-23-37(35(41)25-33)44-43-31-19-17-30(40)18-20-31/h13-23,25-27,45H,3-12,24H2,1-2H3. The minimum Gasteiger partial charge on any atom is -0.507 e. The Bertz CT molecular complexity index is 1690. The van der Waals surface area contributed by atoms with E-state index in [0.29, 0.717) is 51.1 Å². The van der Waals surface area contributed by atoms with Crippen LogP contribution >= 0.6 is 23.2 Å². The summed E-state index contributed by atoms with van der Waals surface area (Å²) < 4.78 is 11.5. The highest BCUT2D eigenvalue weighted by Gasteiger charge is 2.15. The van der Waals surface area contributed by atoms with Gasteiger partial charge in [0.25, 0.3) is 0 Å². The number of phenols is 1. The lowest BCUT2D eigenvalue weighted by Gasteiger charge is -2.10. The number of unbranched alkanes of at least 4 members (excludes halogenated alkanes) is 9. The Morgan fingerprint density at radius 1 is 0.771 bits per heavy atom. The summed E-state index contributed by atoms with van der Waals surface area (Å²) in [5, 5.41) is 19.8. The normalized spacial score (nSPS) is 11.4. The molecule has 0 radical (unpaired) electrons. The van der Waals surface area contributed by atoms with Crippen LogP contribution < -0.4 is 9.47 Å². The molecule has 0 atom stereocenters. The SMILES string of the molecule is CCCCCCCCCCCCOc1ccc(C=Nc2cccc(C(=O)Oc3ccc(N=Nc4ccc(Cl)cc4)c(Cl)c3)c2C)c(O)c1. The first kappa shape index (κ1) is 36.6. The van der Waals surface area contributed by atoms with Gasteiger partial charge in [-0.25, -0.2) is 4.79 Å². The molecule has 0 amide bonds. The molecule has 252 valence electrons. The van der Waals surface area contributed by atoms with Crippen LogP contribution in [0.15, 0.2) is 94.1 Å². The summed E-state index contributed by atoms with van der Waals surface area (Å²) in [6.45, 7) is 4.66. The molecule has 4 aromatic carbocycles. The number of aromatic hydroxyl groups is 1. The van der Waals surface area contributed by atoms with Gasteiger partial charge < -0.3 is 14.6 Å². The lowest BCUT2D eigenvalue weighted by atomic mass is 10.1. The zero-order valence-electron chi connectivity index (χ0n) is 27.6. The van der Waals surface area contributed by atoms with Crippen LogP contribution in [0.5, 0.6) is 17.2 Å². The second-order valence-electron chi connectivity index (χ2n) is 11.6. The first-order chi connectivity index (χ1) is 23.3. The highest BCUT2D eigenvalue weighted by Crippen LogP contribution is 2.32. The van der Waals surface area contributed by atoms with Gasteiger partial charge in [0.05, 0.1) is 28.6 Å². The lowest BCUT2D eigenvalue weighted by molar-refractivity contribution is 0.0734. The fraction of sp³-hybridized carbons (Fsp3) is 0.333. The predicted octanol–water partition coefficient (Wildman–Crippen LogP) is 12.7. The van der Waals surface area contributed by atoms with Crippen LogP contribution in [-0.2, 0) is 0 Å². The number of hydrogen-bond acceptors (Lipinski definition) is 7. The largest absolute Gasteiger partial charge is 0.507 e. The molecular weight excluding hydrogens is 645 g/mol. The van der Waals surface area contributed by atoms with E-state index in [9.17, 15) is 9.90 Å². The zero-order valence-corrected chi connectivity index (χ0v) is 29.1. The number of carbonyl (C=O) groups excluding carboxylic acids is 1. The third-order valence-corrected chi connectivity index (χ3v) is 8.42. The molecule has 48 heavy (non-hydrogen) atoms. The molecule has 0 aromatic heterocycles. The topological polar surface area (TPSA) is 92.8 Å². The maximum atomic E-state index is 13.1. The third-order valence-electron chi connectivity index (χ3n) is 7.87. The number of hydrogen-bond donors (Lipinski definition) is 1. The Balaban J connectivity index is 1.27. The van der Waals surface area contributed by atoms with Crippen LogP contribution in [0.25, 0.3) is 0 Å². The van der Waals surface area contributed by atoms with Crippen molar-refractivity contribution in [2.45, 2.75) is 78.1 Å². The van der Waals surface area contributed by atoms with Gasteiger partial charge in [0.2, 0.25) is 0 Å². The number of rotatable bonds is 18. The Morgan fingerprint density at radius 2 is 1.46 bits per heavy atom. The van der Waals surface area contributed by atoms with Crippen LogP contribution in [0, 0.1) is 6.92 Å². The summed E-state index contributed by atoms with van der Waals surface area (Å²) in [6, 6.07) is 22.1. The molecule has 0 aliphatic rings. The van der Waals surface area contributed by atoms with Crippen molar-refractivity contribution in [3.63, 3.8) is 0 Å². The lowest BCUT2D eigenvalue weighted by Crippen LogP contribution is -2.10. The van der Waals surface area contributed by atoms with Gasteiger partial charge in [-0.1, -0.05) is 94.0 Å². The number of aliphatic imine (C=N–C) groups is 1. The molecule has 0 fully saturated rings. The maximum Gasteiger partial charge on any atom is 0.343 e. The van der Waals surface area contributed by atoms with E-state index in [-0.39, 0.29) is 16.5 Å². The van der Waals surface area contributed by atoms with Crippen molar-refractivity contribution < 1.29 is 19.4 Å². The number of carbonyl (C=O) groups is 1. The van der Waals surface area contributed by atoms with E-state index in [0.717, 1.165) is 12.8 Å². The van der Waals surface area contributed by atoms with Crippen molar-refractivity contribution in [2.24, 2.45) is 15.2 Å². The van der Waals surface area contributed by atoms with Crippen LogP contribution in [0.4, 0.5) is 17.1 Å². The third kappa shape index (κ3) is 11.8. The first-order valence-corrected chi connectivity index (χ1v) is 17.4. The zero-order chi connectivity index (χ0) is 34.1. The molecule has 7 nitrogen and oxygen atoms in total. The number of esters is 1. The minimum absolute atomic E-state index is 0.0700. The molecule has 0 bridgehead atoms. The van der Waals surface area contributed by atoms with Gasteiger partial charge in [-0.2, -0.15) is 5.11 Å². The number of phenolic OH excluding ortho intramolecular Hbond substituents is 1. The summed E-state index contributed by atoms with van der Waals surface area (Å²) >= 11 is 12.3. The fourth-order valence-electron chi connectivity index (χ4n) is 5.04. The Hall–Kier alpha value is -4.20. The summed E-state index contributed by atoms with van der Waals surface area (Å²) in [6.07, 6.45) is 14.3. The molecule has 9 heteroatoms. The van der Waals surface area contributed by atoms with Crippen LogP contribution in [0.3, 0.4) is 0 Å². The Kier molecular flexibility index (Phi) is 14.9. The quantitative estimate of drug-likeness (QED) is 0.0370. The van der Waals surface area contributed by atoms with Gasteiger partial charge in [0.15, 0.2) is 0 Å². The number of ether oxygens (including phenoxy) is 2. The summed E-state index contributed by atoms with van der Waals surface area (Å²) in [4.78, 5) is 17.6. The fourth-order valence-corrected chi connectivity index (χ4v) is 5.37. The number of halogens is 2. The minimum atomic E-state index is -0.553. The molecule has 0 spiro atoms. The second-order valence-corrected chi connectivity index (χ2v) is 12.5. The monoisotopic (exact) mass is 687 g/mol. The maximum absolute atomic E-state index is 13.1. The van der Waals surface area contributed by atoms with Gasteiger partial charge in [-0.15, -0.1) is 5.11 Å². The van der Waals surface area contributed by atoms with Gasteiger partial charge in [0.1, 0.15) is 22.9 Å². The molecule has 0 unspecified atom stereocenters. The highest BCUT2D eigenvalue weighted by molar-refractivity contribution is 6.33. The van der Waals surface area contributed by atoms with E-state index in [1.807, 2.05) is 6.07 Å². The molecule has 0 saturated carbocycles.